The van der Waals surface area contributed by atoms with Crippen molar-refractivity contribution >= 4 is 304 Å². The number of rotatable bonds is 30. The molecular formula is C75H72Br3Cl12F3N18O30P6. The minimum Gasteiger partial charge on any atom is -0.319 e. The van der Waals surface area contributed by atoms with E-state index in [-0.39, 0.29) is 111 Å². The van der Waals surface area contributed by atoms with Crippen LogP contribution in [0.4, 0.5) is 47.3 Å². The van der Waals surface area contributed by atoms with E-state index in [9.17, 15) is 69.3 Å². The molecule has 0 saturated carbocycles. The topological polar surface area (TPSA) is 682 Å². The Hall–Kier alpha value is -7.23. The third kappa shape index (κ3) is 38.5. The molecule has 6 amide bonds. The maximum absolute atomic E-state index is 13.8. The first-order valence-electron chi connectivity index (χ1n) is 39.1. The summed E-state index contributed by atoms with van der Waals surface area (Å²) in [6, 6.07) is 27.9. The fourth-order valence-corrected chi connectivity index (χ4v) is 17.2. The van der Waals surface area contributed by atoms with Gasteiger partial charge in [0.25, 0.3) is 35.4 Å². The summed E-state index contributed by atoms with van der Waals surface area (Å²) < 4.78 is 138. The predicted octanol–water partition coefficient (Wildman–Crippen LogP) is 21.3. The molecule has 6 heterocycles. The lowest BCUT2D eigenvalue weighted by atomic mass is 10.2. The Morgan fingerprint density at radius 2 is 0.497 bits per heavy atom. The molecular weight excluding hydrogens is 2540 g/mol. The molecule has 3 atom stereocenters. The summed E-state index contributed by atoms with van der Waals surface area (Å²) in [6.07, 6.45) is -3.76. The predicted molar refractivity (Wildman–Crippen MR) is 544 cm³/mol. The van der Waals surface area contributed by atoms with Gasteiger partial charge in [-0.3, -0.25) is 55.9 Å². The Morgan fingerprint density at radius 1 is 0.299 bits per heavy atom. The molecule has 12 rings (SSSR count). The summed E-state index contributed by atoms with van der Waals surface area (Å²) in [5, 5.41) is 36.9. The number of nitrogens with one attached hydrogen (secondary N) is 6. The summed E-state index contributed by atoms with van der Waals surface area (Å²) in [4.78, 5) is 179. The van der Waals surface area contributed by atoms with Crippen LogP contribution < -0.4 is 31.9 Å². The second kappa shape index (κ2) is 54.0. The largest absolute Gasteiger partial charge is 0.471 e. The van der Waals surface area contributed by atoms with E-state index in [0.717, 1.165) is 44.8 Å². The number of carbonyl (C=O) groups is 6. The Morgan fingerprint density at radius 3 is 0.748 bits per heavy atom. The third-order valence-corrected chi connectivity index (χ3v) is 28.0. The number of carbonyl (C=O) groups excluding carboxylic acids is 6. The van der Waals surface area contributed by atoms with Crippen LogP contribution in [-0.4, -0.2) is 153 Å². The zero-order chi connectivity index (χ0) is 111. The van der Waals surface area contributed by atoms with Gasteiger partial charge in [0.2, 0.25) is 0 Å². The van der Waals surface area contributed by atoms with E-state index in [1.54, 1.807) is 93.6 Å². The minimum atomic E-state index is -4.82. The number of aromatic nitrogens is 12. The van der Waals surface area contributed by atoms with Crippen molar-refractivity contribution in [2.24, 2.45) is 0 Å². The first-order chi connectivity index (χ1) is 67.7. The van der Waals surface area contributed by atoms with Crippen LogP contribution in [0.15, 0.2) is 123 Å². The fourth-order valence-electron chi connectivity index (χ4n) is 10.8. The summed E-state index contributed by atoms with van der Waals surface area (Å²) in [5.74, 6) is -6.28. The molecule has 0 aliphatic heterocycles. The lowest BCUT2D eigenvalue weighted by Gasteiger charge is -2.14. The van der Waals surface area contributed by atoms with Crippen LogP contribution in [0.25, 0.3) is 0 Å². The van der Waals surface area contributed by atoms with Crippen LogP contribution in [0.3, 0.4) is 0 Å². The Kier molecular flexibility index (Phi) is 46.6. The highest BCUT2D eigenvalue weighted by molar-refractivity contribution is 9.11. The number of anilines is 6. The fraction of sp³-hybridized carbons (Fsp3) is 0.200. The highest BCUT2D eigenvalue weighted by Gasteiger charge is 2.35. The van der Waals surface area contributed by atoms with E-state index in [4.69, 9.17) is 198 Å². The average Bonchev–Trinajstić information content (AvgIpc) is 1.66. The van der Waals surface area contributed by atoms with Gasteiger partial charge in [0.05, 0.1) is 62.6 Å². The second-order valence-corrected chi connectivity index (χ2v) is 43.2. The highest BCUT2D eigenvalue weighted by atomic mass is 79.9. The lowest BCUT2D eigenvalue weighted by molar-refractivity contribution is 0.0860. The summed E-state index contributed by atoms with van der Waals surface area (Å²) in [6.45, 7) is 12.5. The molecule has 0 radical (unpaired) electrons. The molecule has 6 aromatic carbocycles. The van der Waals surface area contributed by atoms with Crippen molar-refractivity contribution in [3.8, 4) is 0 Å². The van der Waals surface area contributed by atoms with Crippen molar-refractivity contribution in [1.82, 2.24) is 58.7 Å². The molecule has 147 heavy (non-hydrogen) atoms. The van der Waals surface area contributed by atoms with Crippen molar-refractivity contribution in [2.45, 2.75) is 101 Å². The molecule has 798 valence electrons. The first kappa shape index (κ1) is 127. The van der Waals surface area contributed by atoms with Crippen LogP contribution >= 0.6 is 234 Å². The van der Waals surface area contributed by atoms with E-state index in [1.807, 2.05) is 20.8 Å². The zero-order valence-electron chi connectivity index (χ0n) is 74.8. The normalized spacial score (nSPS) is 12.3. The molecule has 6 aromatic heterocycles. The van der Waals surface area contributed by atoms with Crippen LogP contribution in [0.1, 0.15) is 136 Å². The molecule has 0 spiro atoms. The monoisotopic (exact) mass is 2600 g/mol. The number of aryl methyl sites for hydroxylation is 6. The number of nitrogens with zero attached hydrogens (tertiary/aromatic N) is 12. The Balaban J connectivity index is 0.000000239. The number of benzene rings is 6. The van der Waals surface area contributed by atoms with Crippen LogP contribution in [0.5, 0.6) is 0 Å². The summed E-state index contributed by atoms with van der Waals surface area (Å²) in [5.41, 5.74) is 4.37. The number of halogens is 18. The van der Waals surface area contributed by atoms with Gasteiger partial charge in [-0.2, -0.15) is 30.6 Å². The van der Waals surface area contributed by atoms with E-state index >= 15 is 0 Å². The molecule has 0 bridgehead atoms. The maximum Gasteiger partial charge on any atom is 0.471 e. The van der Waals surface area contributed by atoms with Gasteiger partial charge in [0, 0.05) is 0 Å². The molecule has 72 heteroatoms. The molecule has 3 unspecified atom stereocenters. The van der Waals surface area contributed by atoms with Crippen LogP contribution in [0.2, 0.25) is 61.1 Å². The molecule has 18 N–H and O–H groups in total. The van der Waals surface area contributed by atoms with Crippen molar-refractivity contribution < 1.29 is 155 Å². The van der Waals surface area contributed by atoms with Crippen molar-refractivity contribution in [3.05, 3.63) is 269 Å². The van der Waals surface area contributed by atoms with E-state index in [1.165, 1.54) is 57.2 Å². The maximum atomic E-state index is 13.8. The van der Waals surface area contributed by atoms with Gasteiger partial charge < -0.3 is 90.6 Å². The van der Waals surface area contributed by atoms with E-state index in [0.29, 0.717) is 48.8 Å². The zero-order valence-corrected chi connectivity index (χ0v) is 94.0. The number of amides is 6. The number of phosphoric ester groups is 6. The van der Waals surface area contributed by atoms with Gasteiger partial charge in [0.1, 0.15) is 63.4 Å². The number of hydrogen-bond donors (Lipinski definition) is 18. The lowest BCUT2D eigenvalue weighted by Crippen LogP contribution is -2.16. The third-order valence-electron chi connectivity index (χ3n) is 17.4. The number of hydrogen-bond acceptors (Lipinski definition) is 24. The molecule has 0 saturated heterocycles. The van der Waals surface area contributed by atoms with Crippen molar-refractivity contribution in [2.75, 3.05) is 31.9 Å². The highest BCUT2D eigenvalue weighted by Crippen LogP contribution is 2.47. The Bertz CT molecular complexity index is 6630. The summed E-state index contributed by atoms with van der Waals surface area (Å²) >= 11 is 80.9. The minimum absolute atomic E-state index is 0.0466. The average molecular weight is 2610 g/mol. The van der Waals surface area contributed by atoms with E-state index in [2.05, 4.69) is 137 Å². The summed E-state index contributed by atoms with van der Waals surface area (Å²) in [7, 11) is -28.5. The van der Waals surface area contributed by atoms with Gasteiger partial charge in [-0.1, -0.05) is 176 Å². The van der Waals surface area contributed by atoms with Crippen LogP contribution in [-0.2, 0) is 74.7 Å². The number of phosphoric acid groups is 6. The van der Waals surface area contributed by atoms with Gasteiger partial charge >= 0.3 is 46.9 Å². The van der Waals surface area contributed by atoms with Gasteiger partial charge in [0.15, 0.2) is 73.0 Å². The molecule has 12 aromatic rings. The van der Waals surface area contributed by atoms with Gasteiger partial charge in [-0.25, -0.2) is 68.7 Å². The molecule has 48 nitrogen and oxygen atoms in total. The second-order valence-electron chi connectivity index (χ2n) is 29.0. The Labute approximate surface area is 911 Å². The van der Waals surface area contributed by atoms with Gasteiger partial charge in [-0.05, 0) is 216 Å². The smallest absolute Gasteiger partial charge is 0.319 e. The quantitative estimate of drug-likeness (QED) is 0.0186. The standard InChI is InChI=1S/C13H13BrCl2N3O5P.C13H13Cl3N3O5P.C13H13Cl2FN3O5P.C12H11BrCl2N3O5P.C12H11BrClFN3O5P.C12H11Cl2FN3O5P/c1-6-3-4-9(8(15)5-6)17-13(20)11-10(14)12(16)19(18-11)7(2)24-25(21,22)23;1-6-3-4-9(8(14)5-6)17-13(20)11-10(15)12(16)19(18-11)7(2)24-25(21,22)23;1-6-3-4-9(8(16)5-6)17-13(20)11-10(14)12(15)19(18-11)7(2)24-25(21,22)23;1-6-2-3-8(7(14)4-6)16-12(19)10-9(13)11(15)18(17-10)5-23-24(20,21)22;2*1-6-2-3-8(7(15)4-6)16-12(19)10-9(13)11(14)18(17-10)5-23-24(20,21)22/h3*3-5,7H,1-2H3,(H,17,20)(H2,21,22,23);3*2-4H,5H2,1H3,(H,16,19)(H2,20,21,22). The van der Waals surface area contributed by atoms with Crippen molar-refractivity contribution in [3.63, 3.8) is 0 Å². The van der Waals surface area contributed by atoms with Crippen molar-refractivity contribution in [1.29, 1.82) is 0 Å². The molecule has 0 aliphatic carbocycles. The SMILES string of the molecule is Cc1ccc(NC(=O)c2nn(C(C)OP(=O)(O)O)c(Cl)c2Br)c(Cl)c1.Cc1ccc(NC(=O)c2nn(C(C)OP(=O)(O)O)c(Cl)c2Cl)c(Cl)c1.Cc1ccc(NC(=O)c2nn(C(C)OP(=O)(O)O)c(Cl)c2Cl)c(F)c1.Cc1ccc(NC(=O)c2nn(COP(=O)(O)O)c(Cl)c2Br)c(Cl)c1.Cc1ccc(NC(=O)c2nn(COP(=O)(O)O)c(Cl)c2Br)c(F)c1.Cc1ccc(NC(=O)c2nn(COP(=O)(O)O)c(Cl)c2Cl)c(F)c1. The first-order valence-corrected chi connectivity index (χ1v) is 55.2. The molecule has 0 aliphatic rings. The van der Waals surface area contributed by atoms with E-state index < -0.39 is 139 Å². The van der Waals surface area contributed by atoms with Gasteiger partial charge in [-0.15, -0.1) is 0 Å². The van der Waals surface area contributed by atoms with Crippen LogP contribution in [0, 0.1) is 59.0 Å². The molecule has 0 fully saturated rings.